The van der Waals surface area contributed by atoms with E-state index in [1.807, 2.05) is 0 Å². The van der Waals surface area contributed by atoms with Gasteiger partial charge in [-0.15, -0.1) is 11.8 Å². The minimum Gasteiger partial charge on any atom is -0.478 e. The highest BCUT2D eigenvalue weighted by Crippen LogP contribution is 2.27. The van der Waals surface area contributed by atoms with E-state index in [0.717, 1.165) is 18.2 Å². The third kappa shape index (κ3) is 6.27. The molecule has 0 fully saturated rings. The van der Waals surface area contributed by atoms with Crippen LogP contribution in [-0.2, 0) is 4.79 Å². The first-order valence-electron chi connectivity index (χ1n) is 10.4. The topological polar surface area (TPSA) is 176 Å². The maximum absolute atomic E-state index is 12.7. The molecule has 0 saturated heterocycles. The average Bonchev–Trinajstić information content (AvgIpc) is 2.83. The molecule has 0 heterocycles. The SMILES string of the molecule is CC(Sc1cccc(NC(=O)c2ccc(C(=O)O)cc2C(=O)O)c1)C(=O)Nc1ccccc1C(N)=O. The number of anilines is 2. The third-order valence-corrected chi connectivity index (χ3v) is 6.06. The van der Waals surface area contributed by atoms with Crippen LogP contribution in [0, 0.1) is 0 Å². The van der Waals surface area contributed by atoms with E-state index in [1.165, 1.54) is 17.8 Å². The predicted molar refractivity (Wildman–Crippen MR) is 134 cm³/mol. The van der Waals surface area contributed by atoms with Crippen molar-refractivity contribution in [1.29, 1.82) is 0 Å². The molecule has 11 heteroatoms. The number of nitrogens with two attached hydrogens (primary N) is 1. The number of carboxylic acids is 2. The molecule has 1 unspecified atom stereocenters. The van der Waals surface area contributed by atoms with Crippen LogP contribution >= 0.6 is 11.8 Å². The van der Waals surface area contributed by atoms with Gasteiger partial charge in [0.2, 0.25) is 5.91 Å². The maximum atomic E-state index is 12.7. The number of carbonyl (C=O) groups excluding carboxylic acids is 3. The zero-order valence-corrected chi connectivity index (χ0v) is 19.7. The van der Waals surface area contributed by atoms with Gasteiger partial charge in [0, 0.05) is 10.6 Å². The van der Waals surface area contributed by atoms with E-state index in [1.54, 1.807) is 49.4 Å². The molecule has 3 amide bonds. The van der Waals surface area contributed by atoms with Gasteiger partial charge in [-0.3, -0.25) is 14.4 Å². The highest BCUT2D eigenvalue weighted by Gasteiger charge is 2.20. The molecule has 36 heavy (non-hydrogen) atoms. The van der Waals surface area contributed by atoms with Gasteiger partial charge in [-0.2, -0.15) is 0 Å². The zero-order chi connectivity index (χ0) is 26.4. The van der Waals surface area contributed by atoms with Crippen LogP contribution in [0.15, 0.2) is 71.6 Å². The molecule has 6 N–H and O–H groups in total. The van der Waals surface area contributed by atoms with Crippen LogP contribution in [0.2, 0.25) is 0 Å². The molecule has 3 rings (SSSR count). The zero-order valence-electron chi connectivity index (χ0n) is 18.8. The van der Waals surface area contributed by atoms with E-state index in [0.29, 0.717) is 16.3 Å². The fourth-order valence-corrected chi connectivity index (χ4v) is 4.12. The number of para-hydroxylation sites is 1. The number of carboxylic acid groups (broad SMARTS) is 2. The summed E-state index contributed by atoms with van der Waals surface area (Å²) in [6.07, 6.45) is 0. The molecule has 3 aromatic rings. The lowest BCUT2D eigenvalue weighted by Gasteiger charge is -2.14. The van der Waals surface area contributed by atoms with Gasteiger partial charge >= 0.3 is 11.9 Å². The van der Waals surface area contributed by atoms with Crippen molar-refractivity contribution < 1.29 is 34.2 Å². The Morgan fingerprint density at radius 2 is 1.53 bits per heavy atom. The Balaban J connectivity index is 1.72. The van der Waals surface area contributed by atoms with Gasteiger partial charge in [0.1, 0.15) is 0 Å². The van der Waals surface area contributed by atoms with Crippen molar-refractivity contribution in [2.45, 2.75) is 17.1 Å². The summed E-state index contributed by atoms with van der Waals surface area (Å²) in [6, 6.07) is 16.1. The largest absolute Gasteiger partial charge is 0.478 e. The summed E-state index contributed by atoms with van der Waals surface area (Å²) in [6.45, 7) is 1.67. The van der Waals surface area contributed by atoms with E-state index in [4.69, 9.17) is 10.8 Å². The van der Waals surface area contributed by atoms with Crippen molar-refractivity contribution in [2.75, 3.05) is 10.6 Å². The van der Waals surface area contributed by atoms with E-state index in [9.17, 15) is 29.1 Å². The molecular formula is C25H21N3O7S. The van der Waals surface area contributed by atoms with Gasteiger partial charge in [0.05, 0.1) is 33.2 Å². The quantitative estimate of drug-likeness (QED) is 0.273. The van der Waals surface area contributed by atoms with Crippen molar-refractivity contribution >= 4 is 52.8 Å². The fourth-order valence-electron chi connectivity index (χ4n) is 3.20. The summed E-state index contributed by atoms with van der Waals surface area (Å²) < 4.78 is 0. The molecule has 0 aliphatic rings. The van der Waals surface area contributed by atoms with Crippen LogP contribution in [0.25, 0.3) is 0 Å². The van der Waals surface area contributed by atoms with Crippen molar-refractivity contribution in [1.82, 2.24) is 0 Å². The number of aromatic carboxylic acids is 2. The number of thioether (sulfide) groups is 1. The van der Waals surface area contributed by atoms with Gasteiger partial charge in [0.15, 0.2) is 0 Å². The Bertz CT molecular complexity index is 1370. The normalized spacial score (nSPS) is 11.2. The molecule has 0 saturated carbocycles. The van der Waals surface area contributed by atoms with Crippen LogP contribution in [0.4, 0.5) is 11.4 Å². The van der Waals surface area contributed by atoms with Crippen molar-refractivity contribution in [3.63, 3.8) is 0 Å². The molecule has 3 aromatic carbocycles. The highest BCUT2D eigenvalue weighted by atomic mass is 32.2. The molecule has 10 nitrogen and oxygen atoms in total. The number of carbonyl (C=O) groups is 5. The van der Waals surface area contributed by atoms with E-state index in [2.05, 4.69) is 10.6 Å². The first-order valence-corrected chi connectivity index (χ1v) is 11.3. The number of amides is 3. The maximum Gasteiger partial charge on any atom is 0.336 e. The van der Waals surface area contributed by atoms with Crippen molar-refractivity contribution in [3.05, 3.63) is 89.0 Å². The molecule has 0 radical (unpaired) electrons. The van der Waals surface area contributed by atoms with Gasteiger partial charge < -0.3 is 26.6 Å². The number of hydrogen-bond donors (Lipinski definition) is 5. The number of rotatable bonds is 9. The predicted octanol–water partition coefficient (Wildman–Crippen LogP) is 3.55. The molecule has 0 aromatic heterocycles. The fraction of sp³-hybridized carbons (Fsp3) is 0.0800. The third-order valence-electron chi connectivity index (χ3n) is 4.97. The van der Waals surface area contributed by atoms with Crippen molar-refractivity contribution in [3.8, 4) is 0 Å². The van der Waals surface area contributed by atoms with Crippen molar-refractivity contribution in [2.24, 2.45) is 5.73 Å². The van der Waals surface area contributed by atoms with Gasteiger partial charge in [0.25, 0.3) is 11.8 Å². The average molecular weight is 508 g/mol. The summed E-state index contributed by atoms with van der Waals surface area (Å²) in [5.41, 5.74) is 5.27. The molecule has 1 atom stereocenters. The molecule has 184 valence electrons. The summed E-state index contributed by atoms with van der Waals surface area (Å²) >= 11 is 1.20. The molecule has 0 aliphatic carbocycles. The van der Waals surface area contributed by atoms with Crippen LogP contribution in [0.3, 0.4) is 0 Å². The number of primary amides is 1. The summed E-state index contributed by atoms with van der Waals surface area (Å²) in [7, 11) is 0. The number of benzene rings is 3. The van der Waals surface area contributed by atoms with Crippen LogP contribution in [0.5, 0.6) is 0 Å². The van der Waals surface area contributed by atoms with Crippen LogP contribution in [0.1, 0.15) is 48.4 Å². The Morgan fingerprint density at radius 1 is 0.806 bits per heavy atom. The monoisotopic (exact) mass is 507 g/mol. The summed E-state index contributed by atoms with van der Waals surface area (Å²) in [5, 5.41) is 23.2. The first kappa shape index (κ1) is 26.0. The Morgan fingerprint density at radius 3 is 2.19 bits per heavy atom. The number of hydrogen-bond acceptors (Lipinski definition) is 6. The van der Waals surface area contributed by atoms with E-state index in [-0.39, 0.29) is 22.6 Å². The molecular weight excluding hydrogens is 486 g/mol. The number of nitrogens with one attached hydrogen (secondary N) is 2. The summed E-state index contributed by atoms with van der Waals surface area (Å²) in [4.78, 5) is 60.3. The second kappa shape index (κ2) is 11.2. The minimum atomic E-state index is -1.44. The molecule has 0 spiro atoms. The standard InChI is InChI=1S/C25H21N3O7S/c1-13(22(30)28-20-8-3-2-7-18(20)21(26)29)36-16-6-4-5-15(12-16)27-23(31)17-10-9-14(24(32)33)11-19(17)25(34)35/h2-13H,1H3,(H2,26,29)(H,27,31)(H,28,30)(H,32,33)(H,34,35). The van der Waals surface area contributed by atoms with Crippen LogP contribution in [-0.4, -0.2) is 45.1 Å². The highest BCUT2D eigenvalue weighted by molar-refractivity contribution is 8.00. The van der Waals surface area contributed by atoms with E-state index < -0.39 is 34.6 Å². The second-order valence-electron chi connectivity index (χ2n) is 7.51. The lowest BCUT2D eigenvalue weighted by Crippen LogP contribution is -2.24. The van der Waals surface area contributed by atoms with Gasteiger partial charge in [-0.25, -0.2) is 9.59 Å². The van der Waals surface area contributed by atoms with Gasteiger partial charge in [-0.05, 0) is 55.5 Å². The van der Waals surface area contributed by atoms with Gasteiger partial charge in [-0.1, -0.05) is 18.2 Å². The Hall–Kier alpha value is -4.64. The molecule has 0 aliphatic heterocycles. The summed E-state index contributed by atoms with van der Waals surface area (Å²) in [5.74, 6) is -4.53. The van der Waals surface area contributed by atoms with Crippen LogP contribution < -0.4 is 16.4 Å². The second-order valence-corrected chi connectivity index (χ2v) is 8.93. The molecule has 0 bridgehead atoms. The lowest BCUT2D eigenvalue weighted by molar-refractivity contribution is -0.115. The lowest BCUT2D eigenvalue weighted by atomic mass is 10.0. The van der Waals surface area contributed by atoms with E-state index >= 15 is 0 Å². The Labute approximate surface area is 209 Å². The Kier molecular flexibility index (Phi) is 8.07. The minimum absolute atomic E-state index is 0.185. The first-order chi connectivity index (χ1) is 17.1. The smallest absolute Gasteiger partial charge is 0.336 e.